The molecule has 4 aromatic carbocycles. The van der Waals surface area contributed by atoms with Gasteiger partial charge in [0.2, 0.25) is 5.16 Å². The monoisotopic (exact) mass is 665 g/mol. The number of aliphatic hydroxyl groups is 1. The van der Waals surface area contributed by atoms with E-state index in [1.807, 2.05) is 66.7 Å². The zero-order chi connectivity index (χ0) is 33.3. The second kappa shape index (κ2) is 15.7. The number of ether oxygens (including phenoxy) is 3. The summed E-state index contributed by atoms with van der Waals surface area (Å²) in [6.45, 7) is 4.00. The van der Waals surface area contributed by atoms with Crippen molar-refractivity contribution in [2.45, 2.75) is 43.2 Å². The minimum absolute atomic E-state index is 0.0317. The van der Waals surface area contributed by atoms with Gasteiger partial charge in [0.15, 0.2) is 6.29 Å². The van der Waals surface area contributed by atoms with Crippen LogP contribution in [0.5, 0.6) is 5.75 Å². The van der Waals surface area contributed by atoms with Crippen LogP contribution in [0.4, 0.5) is 4.79 Å². The molecule has 12 heteroatoms. The summed E-state index contributed by atoms with van der Waals surface area (Å²) in [4.78, 5) is 11.9. The summed E-state index contributed by atoms with van der Waals surface area (Å²) in [5.41, 5.74) is 6.31. The molecule has 0 radical (unpaired) electrons. The van der Waals surface area contributed by atoms with Crippen LogP contribution in [-0.4, -0.2) is 55.0 Å². The van der Waals surface area contributed by atoms with Gasteiger partial charge in [-0.05, 0) is 74.6 Å². The minimum Gasteiger partial charge on any atom is -0.508 e. The lowest BCUT2D eigenvalue weighted by atomic mass is 9.99. The summed E-state index contributed by atoms with van der Waals surface area (Å²) < 4.78 is 19.8. The van der Waals surface area contributed by atoms with E-state index in [1.54, 1.807) is 28.9 Å². The number of nitrogens with one attached hydrogen (secondary N) is 1. The molecule has 3 N–H and O–H groups in total. The Bertz CT molecular complexity index is 1830. The third-order valence-corrected chi connectivity index (χ3v) is 8.79. The number of carbonyl (C=O) groups excluding carboxylic acids is 1. The van der Waals surface area contributed by atoms with E-state index in [1.165, 1.54) is 17.8 Å². The number of tetrazole rings is 1. The number of thioether (sulfide) groups is 1. The SMILES string of the molecule is C=CCOC(=O)NCc1cccc(-c2cccc([C@H]3O[C@@H](CSc4nnnn4-c4ccc(O)cc4)C[C@@H](c4ccc(CO)cc4)O3)c2)c1. The smallest absolute Gasteiger partial charge is 0.407 e. The maximum Gasteiger partial charge on any atom is 0.407 e. The molecule has 1 aliphatic heterocycles. The summed E-state index contributed by atoms with van der Waals surface area (Å²) in [6, 6.07) is 30.4. The van der Waals surface area contributed by atoms with E-state index in [2.05, 4.69) is 33.5 Å². The number of carbonyl (C=O) groups is 1. The summed E-state index contributed by atoms with van der Waals surface area (Å²) in [5, 5.41) is 34.8. The van der Waals surface area contributed by atoms with Crippen molar-refractivity contribution in [3.63, 3.8) is 0 Å². The predicted octanol–water partition coefficient (Wildman–Crippen LogP) is 6.28. The highest BCUT2D eigenvalue weighted by atomic mass is 32.2. The molecule has 11 nitrogen and oxygen atoms in total. The van der Waals surface area contributed by atoms with Crippen molar-refractivity contribution in [3.8, 4) is 22.6 Å². The average molecular weight is 666 g/mol. The van der Waals surface area contributed by atoms with Crippen LogP contribution in [-0.2, 0) is 27.4 Å². The van der Waals surface area contributed by atoms with Crippen molar-refractivity contribution >= 4 is 17.9 Å². The van der Waals surface area contributed by atoms with Gasteiger partial charge in [-0.25, -0.2) is 4.79 Å². The van der Waals surface area contributed by atoms with Gasteiger partial charge in [-0.1, -0.05) is 85.1 Å². The Morgan fingerprint density at radius 1 is 0.979 bits per heavy atom. The molecule has 6 rings (SSSR count). The molecular weight excluding hydrogens is 630 g/mol. The number of phenols is 1. The van der Waals surface area contributed by atoms with Gasteiger partial charge in [0.05, 0.1) is 24.5 Å². The molecule has 5 aromatic rings. The Hall–Kier alpha value is -5.01. The molecule has 1 aliphatic rings. The standard InChI is InChI=1S/C36H35N5O6S/c1-2-17-45-36(44)37-21-25-5-3-6-27(18-25)28-7-4-8-29(19-28)34-46-32(20-33(47-34)26-11-9-24(22-42)10-12-26)23-48-35-38-39-40-41(35)30-13-15-31(43)16-14-30/h2-16,18-19,32-34,42-43H,1,17,20-23H2,(H,37,44)/t32-,33+,34+/m1/s1. The second-order valence-corrected chi connectivity index (χ2v) is 12.1. The third kappa shape index (κ3) is 8.28. The first-order valence-corrected chi connectivity index (χ1v) is 16.4. The second-order valence-electron chi connectivity index (χ2n) is 11.1. The Balaban J connectivity index is 1.21. The molecule has 0 aliphatic carbocycles. The maximum absolute atomic E-state index is 11.9. The summed E-state index contributed by atoms with van der Waals surface area (Å²) >= 11 is 1.48. The number of alkyl carbamates (subject to hydrolysis) is 1. The van der Waals surface area contributed by atoms with Gasteiger partial charge in [0, 0.05) is 24.3 Å². The van der Waals surface area contributed by atoms with Crippen molar-refractivity contribution in [3.05, 3.63) is 132 Å². The zero-order valence-electron chi connectivity index (χ0n) is 26.0. The van der Waals surface area contributed by atoms with Crippen LogP contribution < -0.4 is 5.32 Å². The Morgan fingerprint density at radius 3 is 2.52 bits per heavy atom. The van der Waals surface area contributed by atoms with Crippen LogP contribution in [0.15, 0.2) is 115 Å². The summed E-state index contributed by atoms with van der Waals surface area (Å²) in [6.07, 6.45) is 0.511. The molecule has 3 atom stereocenters. The van der Waals surface area contributed by atoms with Gasteiger partial charge < -0.3 is 29.7 Å². The molecule has 0 unspecified atom stereocenters. The van der Waals surface area contributed by atoms with E-state index in [4.69, 9.17) is 14.2 Å². The molecule has 1 saturated heterocycles. The molecule has 1 fully saturated rings. The molecular formula is C36H35N5O6S. The van der Waals surface area contributed by atoms with E-state index < -0.39 is 12.4 Å². The van der Waals surface area contributed by atoms with Gasteiger partial charge >= 0.3 is 6.09 Å². The molecule has 246 valence electrons. The number of aliphatic hydroxyl groups excluding tert-OH is 1. The normalized spacial score (nSPS) is 17.5. The Labute approximate surface area is 282 Å². The largest absolute Gasteiger partial charge is 0.508 e. The van der Waals surface area contributed by atoms with Crippen molar-refractivity contribution in [1.82, 2.24) is 25.5 Å². The molecule has 1 amide bonds. The Kier molecular flexibility index (Phi) is 10.8. The fraction of sp³-hybridized carbons (Fsp3) is 0.222. The number of aromatic nitrogens is 4. The fourth-order valence-electron chi connectivity index (χ4n) is 5.30. The predicted molar refractivity (Wildman–Crippen MR) is 180 cm³/mol. The quantitative estimate of drug-likeness (QED) is 0.103. The van der Waals surface area contributed by atoms with E-state index in [0.717, 1.165) is 39.1 Å². The molecule has 48 heavy (non-hydrogen) atoms. The average Bonchev–Trinajstić information content (AvgIpc) is 3.61. The van der Waals surface area contributed by atoms with Crippen LogP contribution in [0.25, 0.3) is 16.8 Å². The van der Waals surface area contributed by atoms with E-state index in [-0.39, 0.29) is 31.2 Å². The van der Waals surface area contributed by atoms with E-state index >= 15 is 0 Å². The van der Waals surface area contributed by atoms with Crippen molar-refractivity contribution in [1.29, 1.82) is 0 Å². The van der Waals surface area contributed by atoms with Crippen LogP contribution in [0.2, 0.25) is 0 Å². The van der Waals surface area contributed by atoms with E-state index in [9.17, 15) is 15.0 Å². The number of benzene rings is 4. The molecule has 0 saturated carbocycles. The van der Waals surface area contributed by atoms with Gasteiger partial charge in [0.1, 0.15) is 12.4 Å². The van der Waals surface area contributed by atoms with Gasteiger partial charge in [-0.2, -0.15) is 4.68 Å². The van der Waals surface area contributed by atoms with Crippen molar-refractivity contribution in [2.24, 2.45) is 0 Å². The third-order valence-electron chi connectivity index (χ3n) is 7.74. The number of hydrogen-bond donors (Lipinski definition) is 3. The topological polar surface area (TPSA) is 141 Å². The lowest BCUT2D eigenvalue weighted by molar-refractivity contribution is -0.245. The highest BCUT2D eigenvalue weighted by Gasteiger charge is 2.33. The number of nitrogens with zero attached hydrogens (tertiary/aromatic N) is 4. The first-order chi connectivity index (χ1) is 23.5. The number of hydrogen-bond acceptors (Lipinski definition) is 10. The number of amides is 1. The molecule has 2 heterocycles. The number of aromatic hydroxyl groups is 1. The minimum atomic E-state index is -0.649. The molecule has 1 aromatic heterocycles. The van der Waals surface area contributed by atoms with Crippen LogP contribution in [0.3, 0.4) is 0 Å². The number of rotatable bonds is 12. The molecule has 0 spiro atoms. The van der Waals surface area contributed by atoms with Crippen molar-refractivity contribution < 1.29 is 29.2 Å². The van der Waals surface area contributed by atoms with Gasteiger partial charge in [-0.15, -0.1) is 5.10 Å². The lowest BCUT2D eigenvalue weighted by Crippen LogP contribution is -2.31. The van der Waals surface area contributed by atoms with Crippen molar-refractivity contribution in [2.75, 3.05) is 12.4 Å². The lowest BCUT2D eigenvalue weighted by Gasteiger charge is -2.36. The van der Waals surface area contributed by atoms with E-state index in [0.29, 0.717) is 23.9 Å². The van der Waals surface area contributed by atoms with Crippen LogP contribution in [0, 0.1) is 0 Å². The van der Waals surface area contributed by atoms with Gasteiger partial charge in [-0.3, -0.25) is 0 Å². The molecule has 0 bridgehead atoms. The van der Waals surface area contributed by atoms with Crippen LogP contribution >= 0.6 is 11.8 Å². The van der Waals surface area contributed by atoms with Crippen LogP contribution in [0.1, 0.15) is 41.1 Å². The zero-order valence-corrected chi connectivity index (χ0v) is 26.8. The highest BCUT2D eigenvalue weighted by Crippen LogP contribution is 2.40. The Morgan fingerprint density at radius 2 is 1.75 bits per heavy atom. The fourth-order valence-corrected chi connectivity index (χ4v) is 6.21. The summed E-state index contributed by atoms with van der Waals surface area (Å²) in [7, 11) is 0. The maximum atomic E-state index is 11.9. The highest BCUT2D eigenvalue weighted by molar-refractivity contribution is 7.99. The number of phenolic OH excluding ortho intramolecular Hbond substituents is 1. The summed E-state index contributed by atoms with van der Waals surface area (Å²) in [5.74, 6) is 0.726. The first-order valence-electron chi connectivity index (χ1n) is 15.4. The van der Waals surface area contributed by atoms with Gasteiger partial charge in [0.25, 0.3) is 0 Å². The first kappa shape index (κ1) is 32.9.